The first kappa shape index (κ1) is 25.5. The lowest BCUT2D eigenvalue weighted by atomic mass is 9.96. The molecule has 0 unspecified atom stereocenters. The van der Waals surface area contributed by atoms with Crippen molar-refractivity contribution in [1.29, 1.82) is 0 Å². The van der Waals surface area contributed by atoms with Crippen molar-refractivity contribution in [3.8, 4) is 16.9 Å². The van der Waals surface area contributed by atoms with Crippen LogP contribution in [0.4, 0.5) is 17.5 Å². The second-order valence-electron chi connectivity index (χ2n) is 10.2. The van der Waals surface area contributed by atoms with Crippen LogP contribution in [0.15, 0.2) is 18.3 Å². The lowest BCUT2D eigenvalue weighted by molar-refractivity contribution is 0.0982. The van der Waals surface area contributed by atoms with Crippen molar-refractivity contribution in [2.75, 3.05) is 90.4 Å². The van der Waals surface area contributed by atoms with E-state index in [-0.39, 0.29) is 5.95 Å². The van der Waals surface area contributed by atoms with Gasteiger partial charge in [-0.25, -0.2) is 4.98 Å². The smallest absolute Gasteiger partial charge is 0.221 e. The zero-order chi connectivity index (χ0) is 24.9. The summed E-state index contributed by atoms with van der Waals surface area (Å²) in [6, 6.07) is 5.10. The van der Waals surface area contributed by atoms with Gasteiger partial charge in [0.05, 0.1) is 7.11 Å². The fraction of sp³-hybridized carbons (Fsp3) is 0.615. The van der Waals surface area contributed by atoms with Gasteiger partial charge in [0.15, 0.2) is 0 Å². The molecular weight excluding hydrogens is 440 g/mol. The highest BCUT2D eigenvalue weighted by atomic mass is 16.5. The maximum Gasteiger partial charge on any atom is 0.221 e. The van der Waals surface area contributed by atoms with Gasteiger partial charge in [0.1, 0.15) is 11.6 Å². The summed E-state index contributed by atoms with van der Waals surface area (Å²) in [4.78, 5) is 18.3. The van der Waals surface area contributed by atoms with Crippen molar-refractivity contribution >= 4 is 17.5 Å². The molecule has 9 nitrogen and oxygen atoms in total. The van der Waals surface area contributed by atoms with Crippen molar-refractivity contribution in [1.82, 2.24) is 24.7 Å². The summed E-state index contributed by atoms with van der Waals surface area (Å²) in [5.41, 5.74) is 16.2. The van der Waals surface area contributed by atoms with Crippen molar-refractivity contribution in [3.05, 3.63) is 23.9 Å². The Morgan fingerprint density at radius 3 is 2.37 bits per heavy atom. The van der Waals surface area contributed by atoms with E-state index >= 15 is 0 Å². The van der Waals surface area contributed by atoms with E-state index in [1.54, 1.807) is 13.3 Å². The highest BCUT2D eigenvalue weighted by Gasteiger charge is 2.28. The lowest BCUT2D eigenvalue weighted by Crippen LogP contribution is -2.52. The third kappa shape index (κ3) is 6.15. The monoisotopic (exact) mass is 482 g/mol. The lowest BCUT2D eigenvalue weighted by Gasteiger charge is -2.43. The molecule has 4 rings (SSSR count). The Bertz CT molecular complexity index is 982. The molecule has 0 aliphatic carbocycles. The van der Waals surface area contributed by atoms with Crippen LogP contribution in [0.3, 0.4) is 0 Å². The molecule has 0 spiro atoms. The number of piperazine rings is 1. The van der Waals surface area contributed by atoms with E-state index in [2.05, 4.69) is 62.8 Å². The molecule has 9 heteroatoms. The Balaban J connectivity index is 1.59. The number of piperidine rings is 1. The number of benzene rings is 1. The fourth-order valence-electron chi connectivity index (χ4n) is 5.35. The fourth-order valence-corrected chi connectivity index (χ4v) is 5.35. The largest absolute Gasteiger partial charge is 0.496 e. The van der Waals surface area contributed by atoms with Crippen LogP contribution in [-0.2, 0) is 6.42 Å². The molecule has 192 valence electrons. The van der Waals surface area contributed by atoms with Crippen molar-refractivity contribution < 1.29 is 4.74 Å². The molecule has 2 aromatic rings. The Labute approximate surface area is 210 Å². The van der Waals surface area contributed by atoms with Crippen LogP contribution in [-0.4, -0.2) is 105 Å². The van der Waals surface area contributed by atoms with E-state index in [0.717, 1.165) is 49.4 Å². The molecule has 2 fully saturated rings. The molecule has 0 amide bonds. The van der Waals surface area contributed by atoms with E-state index < -0.39 is 0 Å². The third-order valence-electron chi connectivity index (χ3n) is 7.44. The number of anilines is 3. The minimum absolute atomic E-state index is 0.177. The minimum Gasteiger partial charge on any atom is -0.496 e. The molecule has 4 N–H and O–H groups in total. The number of nitrogens with zero attached hydrogens (tertiary/aromatic N) is 6. The van der Waals surface area contributed by atoms with Crippen LogP contribution in [0.5, 0.6) is 5.75 Å². The normalized spacial score (nSPS) is 18.4. The molecular formula is C26H42N8O. The number of rotatable bonds is 8. The second kappa shape index (κ2) is 11.4. The molecule has 3 heterocycles. The standard InChI is InChI=1S/C26H42N8O/c1-31(2)9-5-6-19-16-21(22-18-29-26(28)30-25(22)27)24(35-4)17-23(19)34-10-7-20(8-11-34)33-14-12-32(3)13-15-33/h16-18,20H,5-15H2,1-4H3,(H4,27,28,29,30). The first-order chi connectivity index (χ1) is 16.9. The van der Waals surface area contributed by atoms with Gasteiger partial charge in [-0.3, -0.25) is 4.90 Å². The summed E-state index contributed by atoms with van der Waals surface area (Å²) in [6.07, 6.45) is 6.16. The average molecular weight is 483 g/mol. The van der Waals surface area contributed by atoms with Crippen LogP contribution in [0.1, 0.15) is 24.8 Å². The Morgan fingerprint density at radius 2 is 1.74 bits per heavy atom. The summed E-state index contributed by atoms with van der Waals surface area (Å²) in [5.74, 6) is 1.34. The van der Waals surface area contributed by atoms with Crippen LogP contribution in [0.25, 0.3) is 11.1 Å². The Hall–Kier alpha value is -2.62. The van der Waals surface area contributed by atoms with Gasteiger partial charge in [0.25, 0.3) is 0 Å². The van der Waals surface area contributed by atoms with Gasteiger partial charge in [-0.1, -0.05) is 0 Å². The molecule has 1 aromatic carbocycles. The number of ether oxygens (including phenoxy) is 1. The number of likely N-dealkylation sites (N-methyl/N-ethyl adjacent to an activating group) is 1. The molecule has 1 aromatic heterocycles. The van der Waals surface area contributed by atoms with Gasteiger partial charge in [0.2, 0.25) is 5.95 Å². The van der Waals surface area contributed by atoms with Gasteiger partial charge in [-0.05, 0) is 65.0 Å². The summed E-state index contributed by atoms with van der Waals surface area (Å²) >= 11 is 0. The van der Waals surface area contributed by atoms with E-state index in [1.807, 2.05) is 0 Å². The molecule has 0 radical (unpaired) electrons. The third-order valence-corrected chi connectivity index (χ3v) is 7.44. The average Bonchev–Trinajstić information content (AvgIpc) is 2.84. The predicted octanol–water partition coefficient (Wildman–Crippen LogP) is 2.03. The summed E-state index contributed by atoms with van der Waals surface area (Å²) < 4.78 is 5.85. The zero-order valence-electron chi connectivity index (χ0n) is 21.8. The molecule has 35 heavy (non-hydrogen) atoms. The Morgan fingerprint density at radius 1 is 1.03 bits per heavy atom. The van der Waals surface area contributed by atoms with Crippen LogP contribution >= 0.6 is 0 Å². The predicted molar refractivity (Wildman–Crippen MR) is 144 cm³/mol. The SMILES string of the molecule is COc1cc(N2CCC(N3CCN(C)CC3)CC2)c(CCCN(C)C)cc1-c1cnc(N)nc1N. The zero-order valence-corrected chi connectivity index (χ0v) is 21.8. The topological polar surface area (TPSA) is 100 Å². The first-order valence-electron chi connectivity index (χ1n) is 12.8. The van der Waals surface area contributed by atoms with Gasteiger partial charge in [0, 0.05) is 74.4 Å². The maximum absolute atomic E-state index is 6.23. The number of nitrogen functional groups attached to an aromatic ring is 2. The molecule has 0 saturated carbocycles. The quantitative estimate of drug-likeness (QED) is 0.585. The number of hydrogen-bond donors (Lipinski definition) is 2. The molecule has 2 aliphatic heterocycles. The summed E-state index contributed by atoms with van der Waals surface area (Å²) in [6.45, 7) is 7.88. The first-order valence-corrected chi connectivity index (χ1v) is 12.8. The maximum atomic E-state index is 6.23. The minimum atomic E-state index is 0.177. The van der Waals surface area contributed by atoms with Crippen molar-refractivity contribution in [2.45, 2.75) is 31.7 Å². The van der Waals surface area contributed by atoms with E-state index in [0.29, 0.717) is 11.9 Å². The second-order valence-corrected chi connectivity index (χ2v) is 10.2. The van der Waals surface area contributed by atoms with Gasteiger partial charge in [-0.2, -0.15) is 4.98 Å². The Kier molecular flexibility index (Phi) is 8.30. The highest BCUT2D eigenvalue weighted by molar-refractivity contribution is 5.81. The van der Waals surface area contributed by atoms with Gasteiger partial charge >= 0.3 is 0 Å². The van der Waals surface area contributed by atoms with Crippen molar-refractivity contribution in [2.24, 2.45) is 0 Å². The van der Waals surface area contributed by atoms with Gasteiger partial charge in [-0.15, -0.1) is 0 Å². The van der Waals surface area contributed by atoms with E-state index in [1.165, 1.54) is 50.3 Å². The molecule has 0 atom stereocenters. The number of aromatic nitrogens is 2. The van der Waals surface area contributed by atoms with Crippen LogP contribution in [0, 0.1) is 0 Å². The van der Waals surface area contributed by atoms with E-state index in [4.69, 9.17) is 16.2 Å². The molecule has 0 bridgehead atoms. The number of aryl methyl sites for hydroxylation is 1. The van der Waals surface area contributed by atoms with Crippen LogP contribution < -0.4 is 21.1 Å². The number of hydrogen-bond acceptors (Lipinski definition) is 9. The highest BCUT2D eigenvalue weighted by Crippen LogP contribution is 2.39. The molecule has 2 saturated heterocycles. The summed E-state index contributed by atoms with van der Waals surface area (Å²) in [5, 5.41) is 0. The number of methoxy groups -OCH3 is 1. The number of nitrogens with two attached hydrogens (primary N) is 2. The van der Waals surface area contributed by atoms with Crippen molar-refractivity contribution in [3.63, 3.8) is 0 Å². The molecule has 2 aliphatic rings. The van der Waals surface area contributed by atoms with E-state index in [9.17, 15) is 0 Å². The van der Waals surface area contributed by atoms with Crippen LogP contribution in [0.2, 0.25) is 0 Å². The summed E-state index contributed by atoms with van der Waals surface area (Å²) in [7, 11) is 8.17. The van der Waals surface area contributed by atoms with Gasteiger partial charge < -0.3 is 30.9 Å².